The normalized spacial score (nSPS) is 12.9. The third kappa shape index (κ3) is 2.29. The standard InChI is InChI=1S/C14H19NO2/c1-4-11(15-3)13-9-10-7-6-8-12(16-5-2)14(10)17-13/h6-9,11,15H,4-5H2,1-3H3. The van der Waals surface area contributed by atoms with E-state index >= 15 is 0 Å². The van der Waals surface area contributed by atoms with Gasteiger partial charge in [-0.1, -0.05) is 19.1 Å². The molecule has 0 aliphatic rings. The number of nitrogens with one attached hydrogen (secondary N) is 1. The third-order valence-electron chi connectivity index (χ3n) is 2.93. The largest absolute Gasteiger partial charge is 0.490 e. The van der Waals surface area contributed by atoms with Gasteiger partial charge in [0.05, 0.1) is 12.6 Å². The Kier molecular flexibility index (Phi) is 3.69. The quantitative estimate of drug-likeness (QED) is 0.858. The van der Waals surface area contributed by atoms with E-state index in [0.29, 0.717) is 6.61 Å². The Bertz CT molecular complexity index is 486. The highest BCUT2D eigenvalue weighted by molar-refractivity contribution is 5.83. The Hall–Kier alpha value is -1.48. The van der Waals surface area contributed by atoms with Gasteiger partial charge in [-0.25, -0.2) is 0 Å². The van der Waals surface area contributed by atoms with Crippen molar-refractivity contribution in [3.8, 4) is 5.75 Å². The lowest BCUT2D eigenvalue weighted by molar-refractivity contribution is 0.335. The molecule has 0 aliphatic carbocycles. The molecule has 0 fully saturated rings. The van der Waals surface area contributed by atoms with E-state index in [1.807, 2.05) is 32.2 Å². The summed E-state index contributed by atoms with van der Waals surface area (Å²) in [5.41, 5.74) is 0.845. The maximum atomic E-state index is 5.91. The summed E-state index contributed by atoms with van der Waals surface area (Å²) in [5, 5.41) is 4.34. The Morgan fingerprint density at radius 1 is 1.35 bits per heavy atom. The van der Waals surface area contributed by atoms with Gasteiger partial charge in [0.1, 0.15) is 5.76 Å². The van der Waals surface area contributed by atoms with E-state index in [0.717, 1.165) is 28.9 Å². The molecule has 1 heterocycles. The van der Waals surface area contributed by atoms with Crippen molar-refractivity contribution >= 4 is 11.0 Å². The van der Waals surface area contributed by atoms with Gasteiger partial charge in [-0.05, 0) is 32.5 Å². The lowest BCUT2D eigenvalue weighted by atomic mass is 10.1. The Balaban J connectivity index is 2.45. The number of benzene rings is 1. The highest BCUT2D eigenvalue weighted by Gasteiger charge is 2.14. The molecule has 0 radical (unpaired) electrons. The van der Waals surface area contributed by atoms with Crippen molar-refractivity contribution in [2.45, 2.75) is 26.3 Å². The minimum Gasteiger partial charge on any atom is -0.490 e. The molecule has 0 spiro atoms. The van der Waals surface area contributed by atoms with Gasteiger partial charge in [-0.2, -0.15) is 0 Å². The SMILES string of the molecule is CCOc1cccc2cc(C(CC)NC)oc12. The van der Waals surface area contributed by atoms with Crippen LogP contribution in [0.5, 0.6) is 5.75 Å². The van der Waals surface area contributed by atoms with Gasteiger partial charge in [-0.15, -0.1) is 0 Å². The Morgan fingerprint density at radius 2 is 2.18 bits per heavy atom. The summed E-state index contributed by atoms with van der Waals surface area (Å²) in [6.45, 7) is 4.77. The molecule has 3 heteroatoms. The van der Waals surface area contributed by atoms with Crippen LogP contribution in [0.3, 0.4) is 0 Å². The molecule has 2 rings (SSSR count). The van der Waals surface area contributed by atoms with Crippen molar-refractivity contribution in [2.75, 3.05) is 13.7 Å². The van der Waals surface area contributed by atoms with Crippen molar-refractivity contribution in [3.05, 3.63) is 30.0 Å². The molecule has 0 saturated carbocycles. The van der Waals surface area contributed by atoms with Gasteiger partial charge < -0.3 is 14.5 Å². The Morgan fingerprint density at radius 3 is 2.82 bits per heavy atom. The van der Waals surface area contributed by atoms with Gasteiger partial charge in [0, 0.05) is 5.39 Å². The van der Waals surface area contributed by atoms with E-state index in [1.54, 1.807) is 0 Å². The minimum atomic E-state index is 0.261. The van der Waals surface area contributed by atoms with Crippen LogP contribution in [0.4, 0.5) is 0 Å². The minimum absolute atomic E-state index is 0.261. The lowest BCUT2D eigenvalue weighted by Crippen LogP contribution is -2.14. The van der Waals surface area contributed by atoms with E-state index in [9.17, 15) is 0 Å². The number of furan rings is 1. The van der Waals surface area contributed by atoms with E-state index in [-0.39, 0.29) is 6.04 Å². The first-order valence-electron chi connectivity index (χ1n) is 6.12. The molecule has 1 atom stereocenters. The molecule has 3 nitrogen and oxygen atoms in total. The van der Waals surface area contributed by atoms with Crippen LogP contribution in [0.1, 0.15) is 32.1 Å². The number of hydrogen-bond donors (Lipinski definition) is 1. The monoisotopic (exact) mass is 233 g/mol. The summed E-state index contributed by atoms with van der Waals surface area (Å²) in [6, 6.07) is 8.33. The molecule has 92 valence electrons. The number of hydrogen-bond acceptors (Lipinski definition) is 3. The molecule has 1 N–H and O–H groups in total. The molecule has 0 bridgehead atoms. The van der Waals surface area contributed by atoms with Gasteiger partial charge in [-0.3, -0.25) is 0 Å². The summed E-state index contributed by atoms with van der Waals surface area (Å²) in [5.74, 6) is 1.79. The van der Waals surface area contributed by atoms with Crippen LogP contribution in [0, 0.1) is 0 Å². The summed E-state index contributed by atoms with van der Waals surface area (Å²) in [7, 11) is 1.95. The maximum Gasteiger partial charge on any atom is 0.176 e. The summed E-state index contributed by atoms with van der Waals surface area (Å²) in [4.78, 5) is 0. The zero-order chi connectivity index (χ0) is 12.3. The van der Waals surface area contributed by atoms with Crippen LogP contribution in [-0.2, 0) is 0 Å². The maximum absolute atomic E-state index is 5.91. The van der Waals surface area contributed by atoms with Gasteiger partial charge >= 0.3 is 0 Å². The van der Waals surface area contributed by atoms with Crippen LogP contribution in [0.2, 0.25) is 0 Å². The first kappa shape index (κ1) is 12.0. The van der Waals surface area contributed by atoms with Crippen LogP contribution in [-0.4, -0.2) is 13.7 Å². The summed E-state index contributed by atoms with van der Waals surface area (Å²) >= 11 is 0. The molecular formula is C14H19NO2. The van der Waals surface area contributed by atoms with E-state index in [4.69, 9.17) is 9.15 Å². The molecule has 0 saturated heterocycles. The average Bonchev–Trinajstić information content (AvgIpc) is 2.76. The second kappa shape index (κ2) is 5.23. The average molecular weight is 233 g/mol. The summed E-state index contributed by atoms with van der Waals surface area (Å²) in [6.07, 6.45) is 1.00. The summed E-state index contributed by atoms with van der Waals surface area (Å²) < 4.78 is 11.5. The third-order valence-corrected chi connectivity index (χ3v) is 2.93. The molecule has 17 heavy (non-hydrogen) atoms. The van der Waals surface area contributed by atoms with Crippen LogP contribution in [0.15, 0.2) is 28.7 Å². The smallest absolute Gasteiger partial charge is 0.176 e. The number of fused-ring (bicyclic) bond motifs is 1. The van der Waals surface area contributed by atoms with Crippen molar-refractivity contribution in [1.29, 1.82) is 0 Å². The fourth-order valence-electron chi connectivity index (χ4n) is 2.04. The van der Waals surface area contributed by atoms with E-state index < -0.39 is 0 Å². The highest BCUT2D eigenvalue weighted by atomic mass is 16.5. The molecular weight excluding hydrogens is 214 g/mol. The fourth-order valence-corrected chi connectivity index (χ4v) is 2.04. The van der Waals surface area contributed by atoms with Crippen LogP contribution in [0.25, 0.3) is 11.0 Å². The molecule has 1 unspecified atom stereocenters. The lowest BCUT2D eigenvalue weighted by Gasteiger charge is -2.09. The predicted octanol–water partition coefficient (Wildman–Crippen LogP) is 3.50. The zero-order valence-electron chi connectivity index (χ0n) is 10.6. The second-order valence-electron chi connectivity index (χ2n) is 4.01. The van der Waals surface area contributed by atoms with Crippen molar-refractivity contribution < 1.29 is 9.15 Å². The van der Waals surface area contributed by atoms with Crippen LogP contribution >= 0.6 is 0 Å². The van der Waals surface area contributed by atoms with Crippen molar-refractivity contribution in [2.24, 2.45) is 0 Å². The first-order valence-corrected chi connectivity index (χ1v) is 6.12. The number of rotatable bonds is 5. The first-order chi connectivity index (χ1) is 8.30. The molecule has 0 aliphatic heterocycles. The van der Waals surface area contributed by atoms with Crippen molar-refractivity contribution in [1.82, 2.24) is 5.32 Å². The highest BCUT2D eigenvalue weighted by Crippen LogP contribution is 2.31. The topological polar surface area (TPSA) is 34.4 Å². The predicted molar refractivity (Wildman–Crippen MR) is 69.5 cm³/mol. The molecule has 1 aromatic heterocycles. The van der Waals surface area contributed by atoms with Crippen LogP contribution < -0.4 is 10.1 Å². The van der Waals surface area contributed by atoms with Gasteiger partial charge in [0.25, 0.3) is 0 Å². The van der Waals surface area contributed by atoms with Crippen molar-refractivity contribution in [3.63, 3.8) is 0 Å². The molecule has 1 aromatic carbocycles. The van der Waals surface area contributed by atoms with Gasteiger partial charge in [0.15, 0.2) is 11.3 Å². The second-order valence-corrected chi connectivity index (χ2v) is 4.01. The zero-order valence-corrected chi connectivity index (χ0v) is 10.6. The Labute approximate surface area is 102 Å². The molecule has 2 aromatic rings. The molecule has 0 amide bonds. The van der Waals surface area contributed by atoms with E-state index in [2.05, 4.69) is 18.3 Å². The van der Waals surface area contributed by atoms with E-state index in [1.165, 1.54) is 0 Å². The number of ether oxygens (including phenoxy) is 1. The number of para-hydroxylation sites is 1. The van der Waals surface area contributed by atoms with Gasteiger partial charge in [0.2, 0.25) is 0 Å². The fraction of sp³-hybridized carbons (Fsp3) is 0.429.